The minimum Gasteiger partial charge on any atom is -0.369 e. The average Bonchev–Trinajstić information content (AvgIpc) is 1.82. The Hall–Kier alpha value is -0.740. The minimum atomic E-state index is -1.99. The first-order valence-corrected chi connectivity index (χ1v) is 3.82. The van der Waals surface area contributed by atoms with E-state index in [-0.39, 0.29) is 18.1 Å². The first-order valence-electron chi connectivity index (χ1n) is 3.82. The summed E-state index contributed by atoms with van der Waals surface area (Å²) in [5.41, 5.74) is 3.26. The molecule has 0 aliphatic heterocycles. The van der Waals surface area contributed by atoms with Crippen LogP contribution in [0.4, 0.5) is 0 Å². The number of Topliss-reactive ketones (excluding diaryl/α,β-unsaturated/α-hetero) is 2. The molecule has 4 nitrogen and oxygen atoms in total. The van der Waals surface area contributed by atoms with Crippen molar-refractivity contribution in [3.8, 4) is 0 Å². The van der Waals surface area contributed by atoms with Crippen LogP contribution < -0.4 is 5.73 Å². The van der Waals surface area contributed by atoms with Gasteiger partial charge in [0, 0.05) is 5.92 Å². The molecule has 1 atom stereocenters. The Morgan fingerprint density at radius 3 is 2.17 bits per heavy atom. The lowest BCUT2D eigenvalue weighted by atomic mass is 9.95. The number of hydrogen-bond acceptors (Lipinski definition) is 4. The smallest absolute Gasteiger partial charge is 0.182 e. The third-order valence-corrected chi connectivity index (χ3v) is 1.47. The highest BCUT2D eigenvalue weighted by Gasteiger charge is 2.33. The lowest BCUT2D eigenvalue weighted by molar-refractivity contribution is -0.144. The van der Waals surface area contributed by atoms with Crippen LogP contribution in [-0.4, -0.2) is 22.4 Å². The summed E-state index contributed by atoms with van der Waals surface area (Å²) < 4.78 is 0. The third-order valence-electron chi connectivity index (χ3n) is 1.47. The molecule has 0 heterocycles. The van der Waals surface area contributed by atoms with E-state index in [0.29, 0.717) is 0 Å². The molecule has 70 valence electrons. The Balaban J connectivity index is 4.39. The highest BCUT2D eigenvalue weighted by molar-refractivity contribution is 5.92. The van der Waals surface area contributed by atoms with Crippen LogP contribution in [0.25, 0.3) is 0 Å². The van der Waals surface area contributed by atoms with Crippen LogP contribution in [0.3, 0.4) is 0 Å². The molecule has 4 heteroatoms. The van der Waals surface area contributed by atoms with E-state index in [4.69, 9.17) is 5.73 Å². The SMILES string of the molecule is CC(=O)CC(N)(O)C(=O)C(C)C. The van der Waals surface area contributed by atoms with Gasteiger partial charge in [-0.05, 0) is 6.92 Å². The van der Waals surface area contributed by atoms with Gasteiger partial charge in [-0.15, -0.1) is 0 Å². The minimum absolute atomic E-state index is 0.297. The molecular formula is C8H15NO3. The normalized spacial score (nSPS) is 15.8. The lowest BCUT2D eigenvalue weighted by Gasteiger charge is -2.21. The first kappa shape index (κ1) is 11.3. The van der Waals surface area contributed by atoms with E-state index in [1.54, 1.807) is 13.8 Å². The Morgan fingerprint density at radius 2 is 1.92 bits per heavy atom. The maximum atomic E-state index is 11.2. The van der Waals surface area contributed by atoms with E-state index in [1.807, 2.05) is 0 Å². The predicted molar refractivity (Wildman–Crippen MR) is 44.3 cm³/mol. The second-order valence-electron chi connectivity index (χ2n) is 3.32. The quantitative estimate of drug-likeness (QED) is 0.579. The Bertz CT molecular complexity index is 196. The van der Waals surface area contributed by atoms with Crippen LogP contribution in [0.2, 0.25) is 0 Å². The summed E-state index contributed by atoms with van der Waals surface area (Å²) in [6, 6.07) is 0. The number of ketones is 2. The second-order valence-corrected chi connectivity index (χ2v) is 3.32. The predicted octanol–water partition coefficient (Wildman–Crippen LogP) is -0.162. The van der Waals surface area contributed by atoms with Crippen LogP contribution in [0, 0.1) is 5.92 Å². The van der Waals surface area contributed by atoms with Crippen molar-refractivity contribution in [2.24, 2.45) is 11.7 Å². The topological polar surface area (TPSA) is 80.4 Å². The Morgan fingerprint density at radius 1 is 1.50 bits per heavy atom. The molecule has 0 aromatic carbocycles. The van der Waals surface area contributed by atoms with E-state index in [0.717, 1.165) is 0 Å². The van der Waals surface area contributed by atoms with Gasteiger partial charge in [-0.2, -0.15) is 0 Å². The summed E-state index contributed by atoms with van der Waals surface area (Å²) >= 11 is 0. The number of rotatable bonds is 4. The van der Waals surface area contributed by atoms with Crippen LogP contribution in [-0.2, 0) is 9.59 Å². The van der Waals surface area contributed by atoms with Gasteiger partial charge in [-0.25, -0.2) is 0 Å². The van der Waals surface area contributed by atoms with Gasteiger partial charge in [0.25, 0.3) is 0 Å². The molecule has 0 aliphatic rings. The zero-order valence-corrected chi connectivity index (χ0v) is 7.63. The number of aliphatic hydroxyl groups is 1. The van der Waals surface area contributed by atoms with E-state index >= 15 is 0 Å². The van der Waals surface area contributed by atoms with E-state index in [1.165, 1.54) is 6.92 Å². The van der Waals surface area contributed by atoms with Crippen molar-refractivity contribution in [2.45, 2.75) is 32.9 Å². The highest BCUT2D eigenvalue weighted by Crippen LogP contribution is 2.10. The third kappa shape index (κ3) is 3.11. The first-order chi connectivity index (χ1) is 5.27. The second kappa shape index (κ2) is 3.78. The molecule has 0 fully saturated rings. The summed E-state index contributed by atoms with van der Waals surface area (Å²) in [5.74, 6) is -1.16. The van der Waals surface area contributed by atoms with Crippen molar-refractivity contribution in [1.82, 2.24) is 0 Å². The van der Waals surface area contributed by atoms with Gasteiger partial charge >= 0.3 is 0 Å². The maximum Gasteiger partial charge on any atom is 0.182 e. The molecule has 0 rings (SSSR count). The summed E-state index contributed by atoms with van der Waals surface area (Å²) in [4.78, 5) is 21.8. The number of nitrogens with two attached hydrogens (primary N) is 1. The van der Waals surface area contributed by atoms with E-state index in [2.05, 4.69) is 0 Å². The largest absolute Gasteiger partial charge is 0.369 e. The maximum absolute atomic E-state index is 11.2. The van der Waals surface area contributed by atoms with Crippen molar-refractivity contribution in [1.29, 1.82) is 0 Å². The van der Waals surface area contributed by atoms with Gasteiger partial charge in [0.15, 0.2) is 11.5 Å². The average molecular weight is 173 g/mol. The van der Waals surface area contributed by atoms with E-state index < -0.39 is 11.5 Å². The molecule has 0 aromatic rings. The van der Waals surface area contributed by atoms with Crippen LogP contribution in [0.1, 0.15) is 27.2 Å². The summed E-state index contributed by atoms with van der Waals surface area (Å²) in [6.07, 6.45) is -0.315. The molecule has 0 aromatic heterocycles. The van der Waals surface area contributed by atoms with Crippen molar-refractivity contribution >= 4 is 11.6 Å². The van der Waals surface area contributed by atoms with Gasteiger partial charge in [0.05, 0.1) is 6.42 Å². The molecule has 0 radical (unpaired) electrons. The monoisotopic (exact) mass is 173 g/mol. The molecule has 0 saturated carbocycles. The summed E-state index contributed by atoms with van der Waals surface area (Å²) in [5, 5.41) is 9.33. The molecular weight excluding hydrogens is 158 g/mol. The molecule has 0 spiro atoms. The van der Waals surface area contributed by atoms with Crippen molar-refractivity contribution in [3.63, 3.8) is 0 Å². The number of hydrogen-bond donors (Lipinski definition) is 2. The molecule has 0 amide bonds. The Labute approximate surface area is 71.8 Å². The van der Waals surface area contributed by atoms with Crippen LogP contribution >= 0.6 is 0 Å². The lowest BCUT2D eigenvalue weighted by Crippen LogP contribution is -2.51. The van der Waals surface area contributed by atoms with Gasteiger partial charge in [-0.3, -0.25) is 15.3 Å². The molecule has 0 aliphatic carbocycles. The fraction of sp³-hybridized carbons (Fsp3) is 0.750. The fourth-order valence-corrected chi connectivity index (χ4v) is 0.967. The highest BCUT2D eigenvalue weighted by atomic mass is 16.3. The van der Waals surface area contributed by atoms with Crippen LogP contribution in [0.15, 0.2) is 0 Å². The zero-order valence-electron chi connectivity index (χ0n) is 7.63. The number of carbonyl (C=O) groups excluding carboxylic acids is 2. The van der Waals surface area contributed by atoms with Gasteiger partial charge in [-0.1, -0.05) is 13.8 Å². The van der Waals surface area contributed by atoms with Gasteiger partial charge in [0.1, 0.15) is 5.78 Å². The molecule has 0 bridgehead atoms. The summed E-state index contributed by atoms with van der Waals surface area (Å²) in [6.45, 7) is 4.53. The van der Waals surface area contributed by atoms with Crippen molar-refractivity contribution < 1.29 is 14.7 Å². The van der Waals surface area contributed by atoms with Crippen molar-refractivity contribution in [3.05, 3.63) is 0 Å². The van der Waals surface area contributed by atoms with Gasteiger partial charge in [0.2, 0.25) is 0 Å². The molecule has 0 saturated heterocycles. The standard InChI is InChI=1S/C8H15NO3/c1-5(2)7(11)8(9,12)4-6(3)10/h5,12H,4,9H2,1-3H3. The van der Waals surface area contributed by atoms with Crippen LogP contribution in [0.5, 0.6) is 0 Å². The molecule has 1 unspecified atom stereocenters. The number of carbonyl (C=O) groups is 2. The Kier molecular flexibility index (Phi) is 3.55. The zero-order chi connectivity index (χ0) is 9.94. The summed E-state index contributed by atoms with van der Waals surface area (Å²) in [7, 11) is 0. The molecule has 12 heavy (non-hydrogen) atoms. The van der Waals surface area contributed by atoms with Gasteiger partial charge < -0.3 is 5.11 Å². The van der Waals surface area contributed by atoms with Crippen molar-refractivity contribution in [2.75, 3.05) is 0 Å². The molecule has 3 N–H and O–H groups in total. The fourth-order valence-electron chi connectivity index (χ4n) is 0.967. The van der Waals surface area contributed by atoms with E-state index in [9.17, 15) is 14.7 Å².